The monoisotopic (exact) mass is 735 g/mol. The Morgan fingerprint density at radius 1 is 0.942 bits per heavy atom. The molecule has 5 amide bonds. The van der Waals surface area contributed by atoms with Crippen LogP contribution in [-0.4, -0.2) is 80.7 Å². The van der Waals surface area contributed by atoms with Crippen molar-refractivity contribution in [2.45, 2.75) is 69.8 Å². The lowest BCUT2D eigenvalue weighted by Gasteiger charge is -2.27. The van der Waals surface area contributed by atoms with Gasteiger partial charge in [0.1, 0.15) is 23.9 Å². The van der Waals surface area contributed by atoms with Crippen LogP contribution in [0.4, 0.5) is 0 Å². The molecule has 4 rings (SSSR count). The van der Waals surface area contributed by atoms with Crippen molar-refractivity contribution in [1.82, 2.24) is 26.6 Å². The minimum Gasteiger partial charge on any atom is -0.493 e. The molecule has 0 saturated heterocycles. The van der Waals surface area contributed by atoms with Gasteiger partial charge in [-0.05, 0) is 73.2 Å². The lowest BCUT2D eigenvalue weighted by atomic mass is 10.00. The van der Waals surface area contributed by atoms with Crippen molar-refractivity contribution in [3.05, 3.63) is 83.3 Å². The number of ether oxygens (including phenoxy) is 2. The van der Waals surface area contributed by atoms with E-state index in [1.807, 2.05) is 56.5 Å². The van der Waals surface area contributed by atoms with Crippen molar-refractivity contribution in [1.29, 1.82) is 0 Å². The standard InChI is InChI=1S/C38H49N5O8S/c1-24(2)34-38(48)40-19-8-12-26-14-16-30(49-3)32(21-26)50-22-33(44)39-18-9-13-28(41-37(47)31-17-15-27(51-31)23-52-4)35(45)42-29(36(46)43-34)20-25-10-6-5-7-11-25/h5-7,10-11,14-17,21,24,28-29,34H,8-9,12-13,18-20,22-23H2,1-4H3,(H,39,44)(H,40,48)(H,41,47)(H,42,45)(H,43,46)/t28-,29-,34+/m0/s1. The van der Waals surface area contributed by atoms with E-state index in [1.165, 1.54) is 18.9 Å². The Hall–Kier alpha value is -4.98. The molecule has 3 aromatic rings. The van der Waals surface area contributed by atoms with Crippen molar-refractivity contribution in [3.8, 4) is 11.5 Å². The van der Waals surface area contributed by atoms with Crippen molar-refractivity contribution < 1.29 is 37.9 Å². The van der Waals surface area contributed by atoms with Gasteiger partial charge in [0, 0.05) is 19.5 Å². The van der Waals surface area contributed by atoms with Crippen LogP contribution < -0.4 is 36.1 Å². The number of thioether (sulfide) groups is 1. The average Bonchev–Trinajstić information content (AvgIpc) is 3.61. The summed E-state index contributed by atoms with van der Waals surface area (Å²) in [6, 6.07) is 14.9. The molecule has 0 unspecified atom stereocenters. The summed E-state index contributed by atoms with van der Waals surface area (Å²) >= 11 is 1.54. The Morgan fingerprint density at radius 2 is 1.71 bits per heavy atom. The lowest BCUT2D eigenvalue weighted by Crippen LogP contribution is -2.58. The molecule has 0 spiro atoms. The highest BCUT2D eigenvalue weighted by Gasteiger charge is 2.31. The molecule has 3 atom stereocenters. The second-order valence-electron chi connectivity index (χ2n) is 12.9. The van der Waals surface area contributed by atoms with Crippen LogP contribution in [-0.2, 0) is 37.8 Å². The minimum atomic E-state index is -1.09. The van der Waals surface area contributed by atoms with Crippen molar-refractivity contribution >= 4 is 41.3 Å². The van der Waals surface area contributed by atoms with Gasteiger partial charge < -0.3 is 40.5 Å². The molecule has 1 aromatic heterocycles. The van der Waals surface area contributed by atoms with E-state index in [1.54, 1.807) is 24.3 Å². The summed E-state index contributed by atoms with van der Waals surface area (Å²) in [4.78, 5) is 67.2. The molecule has 13 nitrogen and oxygen atoms in total. The molecular formula is C38H49N5O8S. The van der Waals surface area contributed by atoms with Gasteiger partial charge in [0.15, 0.2) is 23.9 Å². The number of fused-ring (bicyclic) bond motifs is 2. The third-order valence-electron chi connectivity index (χ3n) is 8.48. The smallest absolute Gasteiger partial charge is 0.287 e. The normalized spacial score (nSPS) is 19.8. The first kappa shape index (κ1) is 39.8. The number of amides is 5. The van der Waals surface area contributed by atoms with Crippen LogP contribution in [0.25, 0.3) is 0 Å². The number of methoxy groups -OCH3 is 1. The van der Waals surface area contributed by atoms with E-state index in [2.05, 4.69) is 26.6 Å². The fourth-order valence-electron chi connectivity index (χ4n) is 5.67. The SMILES string of the molecule is COc1ccc2cc1OCC(=O)NCCC[C@H](NC(=O)c1ccc(CSC)o1)C(=O)N[C@@H](Cc1ccccc1)C(=O)N[C@H](C(C)C)C(=O)NCCC2. The fourth-order valence-corrected chi connectivity index (χ4v) is 6.11. The molecule has 2 aromatic carbocycles. The molecule has 14 heteroatoms. The van der Waals surface area contributed by atoms with Crippen LogP contribution in [0.5, 0.6) is 11.5 Å². The number of nitrogens with one attached hydrogen (secondary N) is 5. The van der Waals surface area contributed by atoms with E-state index in [0.717, 1.165) is 11.1 Å². The summed E-state index contributed by atoms with van der Waals surface area (Å²) in [6.07, 6.45) is 3.72. The van der Waals surface area contributed by atoms with Crippen molar-refractivity contribution in [3.63, 3.8) is 0 Å². The molecule has 0 saturated carbocycles. The van der Waals surface area contributed by atoms with Crippen LogP contribution in [0.3, 0.4) is 0 Å². The largest absolute Gasteiger partial charge is 0.493 e. The maximum absolute atomic E-state index is 13.9. The van der Waals surface area contributed by atoms with Gasteiger partial charge >= 0.3 is 0 Å². The number of aryl methyl sites for hydroxylation is 1. The Bertz CT molecular complexity index is 1660. The average molecular weight is 736 g/mol. The molecule has 280 valence electrons. The molecule has 0 radical (unpaired) electrons. The third kappa shape index (κ3) is 12.1. The van der Waals surface area contributed by atoms with Gasteiger partial charge in [-0.15, -0.1) is 0 Å². The molecule has 2 heterocycles. The van der Waals surface area contributed by atoms with Crippen LogP contribution in [0.2, 0.25) is 0 Å². The Balaban J connectivity index is 1.60. The topological polar surface area (TPSA) is 177 Å². The summed E-state index contributed by atoms with van der Waals surface area (Å²) in [5.74, 6) is -0.592. The summed E-state index contributed by atoms with van der Waals surface area (Å²) in [5.41, 5.74) is 1.72. The van der Waals surface area contributed by atoms with Gasteiger partial charge in [0.05, 0.1) is 12.9 Å². The maximum Gasteiger partial charge on any atom is 0.287 e. The van der Waals surface area contributed by atoms with Crippen molar-refractivity contribution in [2.75, 3.05) is 33.1 Å². The first-order valence-electron chi connectivity index (χ1n) is 17.4. The Labute approximate surface area is 308 Å². The zero-order valence-electron chi connectivity index (χ0n) is 30.1. The second kappa shape index (κ2) is 20.2. The van der Waals surface area contributed by atoms with Gasteiger partial charge in [-0.25, -0.2) is 0 Å². The number of carbonyl (C=O) groups excluding carboxylic acids is 5. The molecule has 1 aliphatic heterocycles. The molecule has 1 aliphatic rings. The quantitative estimate of drug-likeness (QED) is 0.233. The first-order valence-corrected chi connectivity index (χ1v) is 18.8. The molecule has 52 heavy (non-hydrogen) atoms. The molecule has 5 N–H and O–H groups in total. The summed E-state index contributed by atoms with van der Waals surface area (Å²) < 4.78 is 16.9. The lowest BCUT2D eigenvalue weighted by molar-refractivity contribution is -0.133. The van der Waals surface area contributed by atoms with E-state index in [-0.39, 0.29) is 49.5 Å². The number of furan rings is 1. The number of benzene rings is 2. The molecule has 0 fully saturated rings. The summed E-state index contributed by atoms with van der Waals surface area (Å²) in [7, 11) is 1.51. The summed E-state index contributed by atoms with van der Waals surface area (Å²) in [6.45, 7) is 3.95. The zero-order chi connectivity index (χ0) is 37.5. The van der Waals surface area contributed by atoms with E-state index in [9.17, 15) is 24.0 Å². The van der Waals surface area contributed by atoms with Gasteiger partial charge in [0.2, 0.25) is 17.7 Å². The van der Waals surface area contributed by atoms with E-state index in [0.29, 0.717) is 48.8 Å². The number of hydrogen-bond acceptors (Lipinski definition) is 9. The Morgan fingerprint density at radius 3 is 2.44 bits per heavy atom. The van der Waals surface area contributed by atoms with E-state index >= 15 is 0 Å². The number of hydrogen-bond donors (Lipinski definition) is 5. The predicted molar refractivity (Wildman–Crippen MR) is 198 cm³/mol. The fraction of sp³-hybridized carbons (Fsp3) is 0.447. The van der Waals surface area contributed by atoms with Crippen LogP contribution >= 0.6 is 11.8 Å². The zero-order valence-corrected chi connectivity index (χ0v) is 30.9. The molecular weight excluding hydrogens is 687 g/mol. The highest BCUT2D eigenvalue weighted by atomic mass is 32.2. The predicted octanol–water partition coefficient (Wildman–Crippen LogP) is 3.16. The molecule has 0 aliphatic carbocycles. The van der Waals surface area contributed by atoms with Crippen LogP contribution in [0.15, 0.2) is 65.1 Å². The van der Waals surface area contributed by atoms with Crippen LogP contribution in [0.1, 0.15) is 60.6 Å². The minimum absolute atomic E-state index is 0.0457. The number of rotatable bonds is 8. The first-order chi connectivity index (χ1) is 25.1. The van der Waals surface area contributed by atoms with E-state index in [4.69, 9.17) is 13.9 Å². The van der Waals surface area contributed by atoms with Gasteiger partial charge in [0.25, 0.3) is 11.8 Å². The Kier molecular flexibility index (Phi) is 15.4. The van der Waals surface area contributed by atoms with Crippen LogP contribution in [0, 0.1) is 5.92 Å². The maximum atomic E-state index is 13.9. The highest BCUT2D eigenvalue weighted by molar-refractivity contribution is 7.97. The highest BCUT2D eigenvalue weighted by Crippen LogP contribution is 2.28. The number of carbonyl (C=O) groups is 5. The second-order valence-corrected chi connectivity index (χ2v) is 13.7. The summed E-state index contributed by atoms with van der Waals surface area (Å²) in [5, 5.41) is 14.2. The van der Waals surface area contributed by atoms with Gasteiger partial charge in [-0.3, -0.25) is 24.0 Å². The van der Waals surface area contributed by atoms with Crippen molar-refractivity contribution in [2.24, 2.45) is 5.92 Å². The third-order valence-corrected chi connectivity index (χ3v) is 9.05. The van der Waals surface area contributed by atoms with Gasteiger partial charge in [-0.2, -0.15) is 11.8 Å². The van der Waals surface area contributed by atoms with E-state index < -0.39 is 35.8 Å². The molecule has 2 bridgehead atoms. The van der Waals surface area contributed by atoms with Gasteiger partial charge in [-0.1, -0.05) is 50.2 Å².